The molecule has 4 aliphatic heterocycles. The van der Waals surface area contributed by atoms with Gasteiger partial charge in [-0.2, -0.15) is 0 Å². The number of fused-ring (bicyclic) bond motifs is 4. The zero-order valence-corrected chi connectivity index (χ0v) is 20.5. The Hall–Kier alpha value is -3.78. The lowest BCUT2D eigenvalue weighted by Crippen LogP contribution is -2.64. The summed E-state index contributed by atoms with van der Waals surface area (Å²) in [6, 6.07) is 17.9. The van der Waals surface area contributed by atoms with Gasteiger partial charge in [0.2, 0.25) is 5.43 Å². The number of aromatic hydroxyl groups is 1. The molecular formula is C28H24N4O3S. The highest BCUT2D eigenvalue weighted by molar-refractivity contribution is 7.98. The lowest BCUT2D eigenvalue weighted by atomic mass is 9.90. The van der Waals surface area contributed by atoms with Gasteiger partial charge in [-0.15, -0.1) is 11.8 Å². The molecule has 5 heterocycles. The van der Waals surface area contributed by atoms with Crippen LogP contribution in [0.4, 0.5) is 0 Å². The number of hydrogen-bond acceptors (Lipinski definition) is 6. The number of aromatic nitrogens is 1. The van der Waals surface area contributed by atoms with Gasteiger partial charge in [0.05, 0.1) is 12.6 Å². The quantitative estimate of drug-likeness (QED) is 0.554. The Labute approximate surface area is 212 Å². The van der Waals surface area contributed by atoms with Crippen molar-refractivity contribution in [3.8, 4) is 5.75 Å². The number of pyridine rings is 1. The minimum absolute atomic E-state index is 0.0188. The van der Waals surface area contributed by atoms with Crippen molar-refractivity contribution in [3.05, 3.63) is 105 Å². The fraction of sp³-hybridized carbons (Fsp3) is 0.250. The number of carbonyl (C=O) groups is 1. The van der Waals surface area contributed by atoms with Crippen LogP contribution in [0.5, 0.6) is 5.75 Å². The van der Waals surface area contributed by atoms with Gasteiger partial charge in [0, 0.05) is 41.6 Å². The summed E-state index contributed by atoms with van der Waals surface area (Å²) in [5, 5.41) is 13.0. The molecule has 1 amide bonds. The van der Waals surface area contributed by atoms with E-state index in [2.05, 4.69) is 52.5 Å². The normalized spacial score (nSPS) is 22.2. The van der Waals surface area contributed by atoms with Gasteiger partial charge >= 0.3 is 0 Å². The first kappa shape index (κ1) is 21.5. The van der Waals surface area contributed by atoms with E-state index < -0.39 is 11.2 Å². The first-order chi connectivity index (χ1) is 17.5. The number of aliphatic imine (C=N–C) groups is 1. The fourth-order valence-corrected chi connectivity index (χ4v) is 7.10. The molecule has 3 aromatic rings. The van der Waals surface area contributed by atoms with Crippen molar-refractivity contribution in [1.82, 2.24) is 9.58 Å². The molecule has 7 nitrogen and oxygen atoms in total. The third kappa shape index (κ3) is 2.97. The van der Waals surface area contributed by atoms with Gasteiger partial charge in [0.1, 0.15) is 6.17 Å². The van der Waals surface area contributed by atoms with Crippen molar-refractivity contribution in [1.29, 1.82) is 0 Å². The van der Waals surface area contributed by atoms with Crippen molar-refractivity contribution >= 4 is 23.4 Å². The molecule has 180 valence electrons. The van der Waals surface area contributed by atoms with Crippen LogP contribution in [-0.4, -0.2) is 45.6 Å². The maximum Gasteiger partial charge on any atom is 0.278 e. The monoisotopic (exact) mass is 496 g/mol. The molecule has 2 aromatic carbocycles. The minimum Gasteiger partial charge on any atom is -0.502 e. The summed E-state index contributed by atoms with van der Waals surface area (Å²) in [4.78, 5) is 33.9. The maximum atomic E-state index is 13.8. The summed E-state index contributed by atoms with van der Waals surface area (Å²) in [5.74, 6) is 0.00928. The largest absolute Gasteiger partial charge is 0.502 e. The highest BCUT2D eigenvalue weighted by atomic mass is 32.2. The van der Waals surface area contributed by atoms with E-state index in [9.17, 15) is 14.7 Å². The Morgan fingerprint density at radius 2 is 1.81 bits per heavy atom. The predicted octanol–water partition coefficient (Wildman–Crippen LogP) is 3.84. The van der Waals surface area contributed by atoms with Gasteiger partial charge in [-0.1, -0.05) is 42.5 Å². The summed E-state index contributed by atoms with van der Waals surface area (Å²) < 4.78 is 1.72. The van der Waals surface area contributed by atoms with E-state index >= 15 is 0 Å². The van der Waals surface area contributed by atoms with Gasteiger partial charge in [-0.3, -0.25) is 24.3 Å². The molecule has 1 aromatic heterocycles. The summed E-state index contributed by atoms with van der Waals surface area (Å²) >= 11 is 1.81. The van der Waals surface area contributed by atoms with Gasteiger partial charge in [-0.25, -0.2) is 0 Å². The smallest absolute Gasteiger partial charge is 0.278 e. The SMILES string of the molecule is CC1=NCC2=C1C[C@@H]1N(C2)C(=O)c2c(O)c(=O)ccn2N1[C@H]1c2ccccc2CSc2ccccc21. The summed E-state index contributed by atoms with van der Waals surface area (Å²) in [5.41, 5.74) is 6.38. The van der Waals surface area contributed by atoms with Gasteiger partial charge in [-0.05, 0) is 40.8 Å². The summed E-state index contributed by atoms with van der Waals surface area (Å²) in [6.45, 7) is 3.07. The molecule has 7 rings (SSSR count). The standard InChI is InChI=1S/C28H24N4O3S/c1-16-21-12-24-30(14-18(21)13-29-16)28(35)26-27(34)22(33)10-11-31(26)32(24)25-19-7-3-2-6-17(19)15-36-23-9-5-4-8-20(23)25/h2-11,24-25,34H,12-15H2,1H3/t24-,25+/m1/s1. The van der Waals surface area contributed by atoms with Crippen LogP contribution in [0.3, 0.4) is 0 Å². The Balaban J connectivity index is 1.52. The average molecular weight is 497 g/mol. The van der Waals surface area contributed by atoms with Crippen LogP contribution < -0.4 is 10.4 Å². The van der Waals surface area contributed by atoms with Crippen molar-refractivity contribution in [2.75, 3.05) is 18.1 Å². The second-order valence-electron chi connectivity index (χ2n) is 9.63. The van der Waals surface area contributed by atoms with Crippen LogP contribution >= 0.6 is 11.8 Å². The molecule has 4 aliphatic rings. The molecule has 0 aliphatic carbocycles. The van der Waals surface area contributed by atoms with Crippen molar-refractivity contribution in [3.63, 3.8) is 0 Å². The highest BCUT2D eigenvalue weighted by Gasteiger charge is 2.47. The first-order valence-corrected chi connectivity index (χ1v) is 13.1. The lowest BCUT2D eigenvalue weighted by Gasteiger charge is -2.52. The number of carbonyl (C=O) groups excluding carboxylic acids is 1. The molecule has 0 radical (unpaired) electrons. The topological polar surface area (TPSA) is 78.1 Å². The average Bonchev–Trinajstić information content (AvgIpc) is 3.17. The van der Waals surface area contributed by atoms with Gasteiger partial charge in [0.15, 0.2) is 11.4 Å². The fourth-order valence-electron chi connectivity index (χ4n) is 6.01. The highest BCUT2D eigenvalue weighted by Crippen LogP contribution is 2.45. The molecule has 0 spiro atoms. The molecule has 0 bridgehead atoms. The second-order valence-corrected chi connectivity index (χ2v) is 10.6. The van der Waals surface area contributed by atoms with Crippen molar-refractivity contribution < 1.29 is 9.90 Å². The van der Waals surface area contributed by atoms with E-state index in [0.29, 0.717) is 19.5 Å². The molecule has 0 fully saturated rings. The molecule has 2 atom stereocenters. The van der Waals surface area contributed by atoms with E-state index in [1.54, 1.807) is 10.9 Å². The van der Waals surface area contributed by atoms with Crippen LogP contribution in [0, 0.1) is 0 Å². The number of rotatable bonds is 1. The van der Waals surface area contributed by atoms with Crippen LogP contribution in [0.2, 0.25) is 0 Å². The Kier molecular flexibility index (Phi) is 4.70. The molecule has 0 saturated carbocycles. The zero-order valence-electron chi connectivity index (χ0n) is 19.7. The van der Waals surface area contributed by atoms with Gasteiger partial charge < -0.3 is 10.0 Å². The molecule has 0 saturated heterocycles. The van der Waals surface area contributed by atoms with Crippen molar-refractivity contribution in [2.24, 2.45) is 4.99 Å². The van der Waals surface area contributed by atoms with Crippen LogP contribution in [0.25, 0.3) is 0 Å². The summed E-state index contributed by atoms with van der Waals surface area (Å²) in [6.07, 6.45) is 1.97. The Bertz CT molecular complexity index is 1530. The molecule has 36 heavy (non-hydrogen) atoms. The summed E-state index contributed by atoms with van der Waals surface area (Å²) in [7, 11) is 0. The van der Waals surface area contributed by atoms with Crippen LogP contribution in [-0.2, 0) is 5.75 Å². The van der Waals surface area contributed by atoms with Gasteiger partial charge in [0.25, 0.3) is 5.91 Å². The minimum atomic E-state index is -0.554. The number of benzene rings is 2. The first-order valence-electron chi connectivity index (χ1n) is 12.1. The van der Waals surface area contributed by atoms with Crippen molar-refractivity contribution in [2.45, 2.75) is 36.2 Å². The van der Waals surface area contributed by atoms with E-state index in [1.807, 2.05) is 29.7 Å². The van der Waals surface area contributed by atoms with Crippen LogP contribution in [0.15, 0.2) is 86.6 Å². The second kappa shape index (κ2) is 7.86. The van der Waals surface area contributed by atoms with E-state index in [0.717, 1.165) is 28.2 Å². The molecule has 0 unspecified atom stereocenters. The van der Waals surface area contributed by atoms with E-state index in [-0.39, 0.29) is 23.8 Å². The number of thioether (sulfide) groups is 1. The molecule has 8 heteroatoms. The lowest BCUT2D eigenvalue weighted by molar-refractivity contribution is 0.0557. The number of hydrogen-bond donors (Lipinski definition) is 1. The Morgan fingerprint density at radius 3 is 2.67 bits per heavy atom. The third-order valence-corrected chi connectivity index (χ3v) is 8.90. The predicted molar refractivity (Wildman–Crippen MR) is 139 cm³/mol. The zero-order chi connectivity index (χ0) is 24.6. The Morgan fingerprint density at radius 1 is 1.03 bits per heavy atom. The number of amides is 1. The van der Waals surface area contributed by atoms with Crippen LogP contribution in [0.1, 0.15) is 46.6 Å². The third-order valence-electron chi connectivity index (χ3n) is 7.76. The molecule has 1 N–H and O–H groups in total. The molecular weight excluding hydrogens is 472 g/mol. The van der Waals surface area contributed by atoms with E-state index in [4.69, 9.17) is 0 Å². The maximum absolute atomic E-state index is 13.8. The number of nitrogens with zero attached hydrogens (tertiary/aromatic N) is 4. The van der Waals surface area contributed by atoms with E-state index in [1.165, 1.54) is 22.1 Å².